The van der Waals surface area contributed by atoms with Crippen LogP contribution in [0.25, 0.3) is 0 Å². The summed E-state index contributed by atoms with van der Waals surface area (Å²) in [7, 11) is 0. The zero-order chi connectivity index (χ0) is 14.6. The molecule has 0 aliphatic carbocycles. The molecule has 1 aliphatic heterocycles. The van der Waals surface area contributed by atoms with Crippen LogP contribution < -0.4 is 0 Å². The average Bonchev–Trinajstić information content (AvgIpc) is 2.60. The first-order valence-electron chi connectivity index (χ1n) is 6.15. The fraction of sp³-hybridized carbons (Fsp3) is 0.600. The molecule has 6 heteroatoms. The van der Waals surface area contributed by atoms with Crippen LogP contribution in [0.1, 0.15) is 48.0 Å². The maximum Gasteiger partial charge on any atom is 0.254 e. The van der Waals surface area contributed by atoms with Crippen LogP contribution in [0.2, 0.25) is 0 Å². The Kier molecular flexibility index (Phi) is 16.6. The van der Waals surface area contributed by atoms with Crippen molar-refractivity contribution in [3.63, 3.8) is 0 Å². The van der Waals surface area contributed by atoms with E-state index in [4.69, 9.17) is 0 Å². The van der Waals surface area contributed by atoms with E-state index >= 15 is 0 Å². The fourth-order valence-corrected chi connectivity index (χ4v) is 2.19. The van der Waals surface area contributed by atoms with Gasteiger partial charge in [0.15, 0.2) is 0 Å². The fourth-order valence-electron chi connectivity index (χ4n) is 2.19. The van der Waals surface area contributed by atoms with Crippen molar-refractivity contribution in [2.24, 2.45) is 5.41 Å². The van der Waals surface area contributed by atoms with E-state index in [0.29, 0.717) is 6.42 Å². The van der Waals surface area contributed by atoms with Crippen LogP contribution in [0.4, 0.5) is 0 Å². The summed E-state index contributed by atoms with van der Waals surface area (Å²) in [5, 5.41) is 0. The van der Waals surface area contributed by atoms with Crippen LogP contribution in [0.5, 0.6) is 0 Å². The molecule has 0 spiro atoms. The minimum atomic E-state index is -0.682. The molecule has 0 bridgehead atoms. The minimum absolute atomic E-state index is 0. The van der Waals surface area contributed by atoms with Crippen molar-refractivity contribution in [1.82, 2.24) is 4.90 Å². The molecule has 0 unspecified atom stereocenters. The number of imide groups is 1. The SMILES string of the molecule is CC.CC(C)([C-]=O)CC(C)(C)N1C(=O)C=CC1=O.S.[Ac].[CH3-]. The van der Waals surface area contributed by atoms with Gasteiger partial charge in [0.2, 0.25) is 0 Å². The van der Waals surface area contributed by atoms with Gasteiger partial charge in [0, 0.05) is 61.8 Å². The van der Waals surface area contributed by atoms with Crippen molar-refractivity contribution < 1.29 is 58.4 Å². The van der Waals surface area contributed by atoms with E-state index in [9.17, 15) is 14.4 Å². The van der Waals surface area contributed by atoms with Gasteiger partial charge in [-0.1, -0.05) is 27.7 Å². The molecule has 1 rings (SSSR count). The number of amides is 2. The number of carbonyl (C=O) groups excluding carboxylic acids is 3. The molecule has 4 nitrogen and oxygen atoms in total. The Labute approximate surface area is 172 Å². The summed E-state index contributed by atoms with van der Waals surface area (Å²) in [6, 6.07) is 0. The number of nitrogens with zero attached hydrogens (tertiary/aromatic N) is 1. The van der Waals surface area contributed by atoms with Crippen LogP contribution in [0, 0.1) is 56.9 Å². The van der Waals surface area contributed by atoms with Gasteiger partial charge >= 0.3 is 0 Å². The van der Waals surface area contributed by atoms with Gasteiger partial charge in [-0.05, 0) is 20.3 Å². The van der Waals surface area contributed by atoms with Crippen molar-refractivity contribution in [3.05, 3.63) is 19.6 Å². The summed E-state index contributed by atoms with van der Waals surface area (Å²) in [4.78, 5) is 35.0. The van der Waals surface area contributed by atoms with Crippen molar-refractivity contribution in [2.45, 2.75) is 53.5 Å². The Bertz CT molecular complexity index is 361. The van der Waals surface area contributed by atoms with Crippen molar-refractivity contribution in [2.75, 3.05) is 0 Å². The van der Waals surface area contributed by atoms with Gasteiger partial charge in [-0.3, -0.25) is 20.8 Å². The van der Waals surface area contributed by atoms with Crippen LogP contribution in [0.15, 0.2) is 12.2 Å². The molecular formula is C15H27AcNO3S-2. The van der Waals surface area contributed by atoms with Crippen molar-refractivity contribution in [3.8, 4) is 0 Å². The first kappa shape index (κ1) is 29.4. The monoisotopic (exact) mass is 528 g/mol. The predicted octanol–water partition coefficient (Wildman–Crippen LogP) is 2.81. The maximum absolute atomic E-state index is 11.5. The van der Waals surface area contributed by atoms with Crippen LogP contribution in [-0.2, 0) is 14.4 Å². The third-order valence-corrected chi connectivity index (χ3v) is 2.57. The molecule has 121 valence electrons. The van der Waals surface area contributed by atoms with Crippen LogP contribution in [-0.4, -0.2) is 28.5 Å². The molecule has 21 heavy (non-hydrogen) atoms. The minimum Gasteiger partial charge on any atom is -0.541 e. The van der Waals surface area contributed by atoms with Gasteiger partial charge in [-0.2, -0.15) is 13.5 Å². The third-order valence-electron chi connectivity index (χ3n) is 2.57. The molecule has 0 saturated carbocycles. The van der Waals surface area contributed by atoms with Gasteiger partial charge < -0.3 is 12.2 Å². The summed E-state index contributed by atoms with van der Waals surface area (Å²) in [5.41, 5.74) is -1.36. The summed E-state index contributed by atoms with van der Waals surface area (Å²) in [5.74, 6) is -0.645. The molecule has 0 aromatic heterocycles. The van der Waals surface area contributed by atoms with Gasteiger partial charge in [0.05, 0.1) is 0 Å². The van der Waals surface area contributed by atoms with E-state index in [0.717, 1.165) is 0 Å². The van der Waals surface area contributed by atoms with Crippen LogP contribution in [0.3, 0.4) is 0 Å². The zero-order valence-electron chi connectivity index (χ0n) is 14.1. The molecule has 0 aromatic carbocycles. The molecule has 1 radical (unpaired) electrons. The molecule has 1 heterocycles. The Morgan fingerprint density at radius 2 is 1.38 bits per heavy atom. The van der Waals surface area contributed by atoms with Gasteiger partial charge in [-0.15, -0.1) is 5.41 Å². The predicted molar refractivity (Wildman–Crippen MR) is 87.3 cm³/mol. The Balaban J connectivity index is -0.000000276. The number of carbonyl (C=O) groups is 2. The Hall–Kier alpha value is 0.342. The van der Waals surface area contributed by atoms with E-state index in [2.05, 4.69) is 0 Å². The quantitative estimate of drug-likeness (QED) is 0.417. The normalized spacial score (nSPS) is 13.3. The van der Waals surface area contributed by atoms with Gasteiger partial charge in [0.1, 0.15) is 0 Å². The van der Waals surface area contributed by atoms with Crippen molar-refractivity contribution >= 4 is 31.6 Å². The second-order valence-corrected chi connectivity index (χ2v) is 5.32. The molecule has 0 atom stereocenters. The van der Waals surface area contributed by atoms with E-state index in [-0.39, 0.29) is 76.8 Å². The molecule has 2 amide bonds. The van der Waals surface area contributed by atoms with E-state index in [1.165, 1.54) is 17.1 Å². The molecule has 0 fully saturated rings. The largest absolute Gasteiger partial charge is 0.541 e. The second-order valence-electron chi connectivity index (χ2n) is 5.32. The molecule has 0 saturated heterocycles. The Morgan fingerprint density at radius 3 is 1.67 bits per heavy atom. The molecule has 1 aliphatic rings. The molecule has 0 aromatic rings. The average molecular weight is 528 g/mol. The van der Waals surface area contributed by atoms with Gasteiger partial charge in [-0.25, -0.2) is 0 Å². The van der Waals surface area contributed by atoms with Crippen LogP contribution >= 0.6 is 13.5 Å². The van der Waals surface area contributed by atoms with Crippen molar-refractivity contribution in [1.29, 1.82) is 0 Å². The molecular weight excluding hydrogens is 501 g/mol. The van der Waals surface area contributed by atoms with Gasteiger partial charge in [0.25, 0.3) is 11.8 Å². The number of rotatable bonds is 4. The first-order chi connectivity index (χ1) is 8.19. The number of hydrogen-bond donors (Lipinski definition) is 0. The van der Waals surface area contributed by atoms with E-state index in [1.807, 2.05) is 20.1 Å². The van der Waals surface area contributed by atoms with E-state index in [1.54, 1.807) is 27.7 Å². The Morgan fingerprint density at radius 1 is 1.05 bits per heavy atom. The first-order valence-corrected chi connectivity index (χ1v) is 6.15. The third kappa shape index (κ3) is 8.52. The molecule has 0 N–H and O–H groups in total. The standard InChI is InChI=1S/C12H16NO3.C2H6.CH3.Ac.H2S/c1-11(2,8-14)7-12(3,4)13-9(15)5-6-10(13)16;1-2;;;/h5-6H,7H2,1-4H3;1-2H3;1H3;;1H2/q-1;;-1;;. The topological polar surface area (TPSA) is 54.5 Å². The smallest absolute Gasteiger partial charge is 0.254 e. The summed E-state index contributed by atoms with van der Waals surface area (Å²) in [6.07, 6.45) is 4.83. The zero-order valence-corrected chi connectivity index (χ0v) is 19.9. The number of hydrogen-bond acceptors (Lipinski definition) is 3. The summed E-state index contributed by atoms with van der Waals surface area (Å²) >= 11 is 0. The maximum atomic E-state index is 11.5. The summed E-state index contributed by atoms with van der Waals surface area (Å²) in [6.45, 7) is 11.0. The summed E-state index contributed by atoms with van der Waals surface area (Å²) < 4.78 is 0. The second kappa shape index (κ2) is 11.8. The van der Waals surface area contributed by atoms with E-state index < -0.39 is 11.0 Å².